The number of aryl methyl sites for hydroxylation is 2. The molecule has 0 atom stereocenters. The molecule has 76 valence electrons. The molecule has 15 heavy (non-hydrogen) atoms. The maximum absolute atomic E-state index is 3.10. The van der Waals surface area contributed by atoms with Crippen LogP contribution in [0.3, 0.4) is 0 Å². The Bertz CT molecular complexity index is 523. The van der Waals surface area contributed by atoms with E-state index in [0.717, 1.165) is 13.0 Å². The SMILES string of the molecule is CC#CCCn1ccc2c(C)cccc21. The molecular weight excluding hydrogens is 182 g/mol. The van der Waals surface area contributed by atoms with Crippen LogP contribution in [0.4, 0.5) is 0 Å². The van der Waals surface area contributed by atoms with Gasteiger partial charge in [-0.1, -0.05) is 12.1 Å². The molecular formula is C14H15N. The van der Waals surface area contributed by atoms with Crippen LogP contribution in [0.2, 0.25) is 0 Å². The Morgan fingerprint density at radius 3 is 2.93 bits per heavy atom. The molecule has 2 rings (SSSR count). The summed E-state index contributed by atoms with van der Waals surface area (Å²) in [5.41, 5.74) is 2.65. The molecule has 0 amide bonds. The van der Waals surface area contributed by atoms with Crippen molar-refractivity contribution in [1.82, 2.24) is 4.57 Å². The first kappa shape index (κ1) is 9.86. The van der Waals surface area contributed by atoms with Gasteiger partial charge in [0.2, 0.25) is 0 Å². The molecule has 0 saturated carbocycles. The van der Waals surface area contributed by atoms with Crippen molar-refractivity contribution >= 4 is 10.9 Å². The molecule has 0 N–H and O–H groups in total. The minimum absolute atomic E-state index is 0.925. The van der Waals surface area contributed by atoms with Gasteiger partial charge in [0.25, 0.3) is 0 Å². The summed E-state index contributed by atoms with van der Waals surface area (Å²) in [6.45, 7) is 5.02. The van der Waals surface area contributed by atoms with E-state index in [1.165, 1.54) is 16.5 Å². The van der Waals surface area contributed by atoms with Crippen LogP contribution in [-0.4, -0.2) is 4.57 Å². The predicted octanol–water partition coefficient (Wildman–Crippen LogP) is 3.36. The molecule has 1 aromatic carbocycles. The average molecular weight is 197 g/mol. The lowest BCUT2D eigenvalue weighted by molar-refractivity contribution is 0.749. The average Bonchev–Trinajstić information content (AvgIpc) is 2.64. The van der Waals surface area contributed by atoms with E-state index in [-0.39, 0.29) is 0 Å². The van der Waals surface area contributed by atoms with Crippen molar-refractivity contribution in [1.29, 1.82) is 0 Å². The van der Waals surface area contributed by atoms with E-state index in [1.54, 1.807) is 0 Å². The fourth-order valence-electron chi connectivity index (χ4n) is 1.87. The number of hydrogen-bond acceptors (Lipinski definition) is 0. The third-order valence-corrected chi connectivity index (χ3v) is 2.69. The lowest BCUT2D eigenvalue weighted by Gasteiger charge is -2.02. The zero-order chi connectivity index (χ0) is 10.7. The normalized spacial score (nSPS) is 10.0. The first-order valence-electron chi connectivity index (χ1n) is 5.27. The Hall–Kier alpha value is -1.68. The van der Waals surface area contributed by atoms with Gasteiger partial charge in [-0.15, -0.1) is 11.8 Å². The lowest BCUT2D eigenvalue weighted by Crippen LogP contribution is -1.94. The molecule has 0 spiro atoms. The molecule has 0 radical (unpaired) electrons. The van der Waals surface area contributed by atoms with Gasteiger partial charge < -0.3 is 4.57 Å². The second kappa shape index (κ2) is 4.23. The fourth-order valence-corrected chi connectivity index (χ4v) is 1.87. The molecule has 0 aliphatic heterocycles. The zero-order valence-electron chi connectivity index (χ0n) is 9.25. The number of rotatable bonds is 2. The van der Waals surface area contributed by atoms with Crippen molar-refractivity contribution < 1.29 is 0 Å². The highest BCUT2D eigenvalue weighted by Gasteiger charge is 2.01. The number of hydrogen-bond donors (Lipinski definition) is 0. The number of benzene rings is 1. The van der Waals surface area contributed by atoms with Crippen molar-refractivity contribution in [2.24, 2.45) is 0 Å². The Morgan fingerprint density at radius 2 is 2.13 bits per heavy atom. The third-order valence-electron chi connectivity index (χ3n) is 2.69. The molecule has 2 aromatic rings. The van der Waals surface area contributed by atoms with Gasteiger partial charge >= 0.3 is 0 Å². The Labute approximate surface area is 90.7 Å². The summed E-state index contributed by atoms with van der Waals surface area (Å²) < 4.78 is 2.27. The van der Waals surface area contributed by atoms with E-state index < -0.39 is 0 Å². The Kier molecular flexibility index (Phi) is 2.78. The van der Waals surface area contributed by atoms with Crippen LogP contribution in [-0.2, 0) is 6.54 Å². The van der Waals surface area contributed by atoms with Crippen LogP contribution in [0.1, 0.15) is 18.9 Å². The molecule has 1 nitrogen and oxygen atoms in total. The minimum atomic E-state index is 0.925. The molecule has 0 aliphatic rings. The Balaban J connectivity index is 2.35. The molecule has 1 heteroatoms. The predicted molar refractivity (Wildman–Crippen MR) is 64.7 cm³/mol. The summed E-state index contributed by atoms with van der Waals surface area (Å²) in [5.74, 6) is 6.02. The molecule has 0 fully saturated rings. The summed E-state index contributed by atoms with van der Waals surface area (Å²) >= 11 is 0. The van der Waals surface area contributed by atoms with Crippen LogP contribution in [0.5, 0.6) is 0 Å². The highest BCUT2D eigenvalue weighted by molar-refractivity contribution is 5.83. The number of aromatic nitrogens is 1. The highest BCUT2D eigenvalue weighted by atomic mass is 14.9. The van der Waals surface area contributed by atoms with Gasteiger partial charge in [-0.05, 0) is 31.5 Å². The number of fused-ring (bicyclic) bond motifs is 1. The van der Waals surface area contributed by atoms with Gasteiger partial charge in [0, 0.05) is 30.1 Å². The van der Waals surface area contributed by atoms with E-state index in [1.807, 2.05) is 6.92 Å². The van der Waals surface area contributed by atoms with Crippen LogP contribution in [0, 0.1) is 18.8 Å². The standard InChI is InChI=1S/C14H15N/c1-3-4-5-10-15-11-9-13-12(2)7-6-8-14(13)15/h6-9,11H,5,10H2,1-2H3. The van der Waals surface area contributed by atoms with Gasteiger partial charge in [0.15, 0.2) is 0 Å². The van der Waals surface area contributed by atoms with Crippen molar-refractivity contribution in [3.8, 4) is 11.8 Å². The second-order valence-electron chi connectivity index (χ2n) is 3.69. The highest BCUT2D eigenvalue weighted by Crippen LogP contribution is 2.19. The van der Waals surface area contributed by atoms with Crippen LogP contribution < -0.4 is 0 Å². The third kappa shape index (κ3) is 1.89. The van der Waals surface area contributed by atoms with Crippen LogP contribution >= 0.6 is 0 Å². The van der Waals surface area contributed by atoms with Crippen molar-refractivity contribution in [3.05, 3.63) is 36.0 Å². The quantitative estimate of drug-likeness (QED) is 0.650. The second-order valence-corrected chi connectivity index (χ2v) is 3.69. The molecule has 1 heterocycles. The summed E-state index contributed by atoms with van der Waals surface area (Å²) in [7, 11) is 0. The summed E-state index contributed by atoms with van der Waals surface area (Å²) in [4.78, 5) is 0. The molecule has 0 unspecified atom stereocenters. The monoisotopic (exact) mass is 197 g/mol. The largest absolute Gasteiger partial charge is 0.347 e. The van der Waals surface area contributed by atoms with E-state index in [9.17, 15) is 0 Å². The van der Waals surface area contributed by atoms with Gasteiger partial charge in [-0.3, -0.25) is 0 Å². The topological polar surface area (TPSA) is 4.93 Å². The molecule has 0 aliphatic carbocycles. The van der Waals surface area contributed by atoms with Crippen molar-refractivity contribution in [2.45, 2.75) is 26.8 Å². The summed E-state index contributed by atoms with van der Waals surface area (Å²) in [6, 6.07) is 8.62. The van der Waals surface area contributed by atoms with Gasteiger partial charge in [-0.2, -0.15) is 0 Å². The van der Waals surface area contributed by atoms with Crippen molar-refractivity contribution in [2.75, 3.05) is 0 Å². The number of nitrogens with zero attached hydrogens (tertiary/aromatic N) is 1. The minimum Gasteiger partial charge on any atom is -0.347 e. The maximum Gasteiger partial charge on any atom is 0.0483 e. The molecule has 0 saturated heterocycles. The van der Waals surface area contributed by atoms with E-state index in [4.69, 9.17) is 0 Å². The van der Waals surface area contributed by atoms with E-state index in [2.05, 4.69) is 53.8 Å². The summed E-state index contributed by atoms with van der Waals surface area (Å²) in [5, 5.41) is 1.35. The lowest BCUT2D eigenvalue weighted by atomic mass is 10.1. The maximum atomic E-state index is 3.10. The molecule has 0 bridgehead atoms. The first-order chi connectivity index (χ1) is 7.33. The van der Waals surface area contributed by atoms with Gasteiger partial charge in [0.05, 0.1) is 0 Å². The smallest absolute Gasteiger partial charge is 0.0483 e. The van der Waals surface area contributed by atoms with Crippen LogP contribution in [0.15, 0.2) is 30.5 Å². The van der Waals surface area contributed by atoms with Gasteiger partial charge in [0.1, 0.15) is 0 Å². The van der Waals surface area contributed by atoms with Gasteiger partial charge in [-0.25, -0.2) is 0 Å². The van der Waals surface area contributed by atoms with Crippen LogP contribution in [0.25, 0.3) is 10.9 Å². The van der Waals surface area contributed by atoms with Crippen molar-refractivity contribution in [3.63, 3.8) is 0 Å². The van der Waals surface area contributed by atoms with E-state index in [0.29, 0.717) is 0 Å². The first-order valence-corrected chi connectivity index (χ1v) is 5.27. The summed E-state index contributed by atoms with van der Waals surface area (Å²) in [6.07, 6.45) is 3.07. The fraction of sp³-hybridized carbons (Fsp3) is 0.286. The zero-order valence-corrected chi connectivity index (χ0v) is 9.25. The molecule has 1 aromatic heterocycles. The Morgan fingerprint density at radius 1 is 1.27 bits per heavy atom. The van der Waals surface area contributed by atoms with E-state index >= 15 is 0 Å².